The average molecular weight is 367 g/mol. The van der Waals surface area contributed by atoms with E-state index in [1.165, 1.54) is 6.07 Å². The fraction of sp³-hybridized carbons (Fsp3) is 0.333. The van der Waals surface area contributed by atoms with Gasteiger partial charge in [0.25, 0.3) is 5.91 Å². The normalized spacial score (nSPS) is 17.2. The molecule has 22 heavy (non-hydrogen) atoms. The minimum absolute atomic E-state index is 0.171. The first kappa shape index (κ1) is 15.2. The molecule has 0 unspecified atom stereocenters. The van der Waals surface area contributed by atoms with E-state index in [0.29, 0.717) is 30.4 Å². The molecule has 1 aliphatic heterocycles. The molecule has 116 valence electrons. The van der Waals surface area contributed by atoms with Gasteiger partial charge in [0.15, 0.2) is 0 Å². The van der Waals surface area contributed by atoms with Crippen LogP contribution in [0.5, 0.6) is 0 Å². The molecule has 1 aromatic heterocycles. The van der Waals surface area contributed by atoms with E-state index in [4.69, 9.17) is 0 Å². The second-order valence-corrected chi connectivity index (χ2v) is 6.23. The van der Waals surface area contributed by atoms with Crippen molar-refractivity contribution >= 4 is 27.5 Å². The minimum Gasteiger partial charge on any atom is -0.321 e. The lowest BCUT2D eigenvalue weighted by molar-refractivity contribution is -0.126. The first-order valence-corrected chi connectivity index (χ1v) is 7.88. The van der Waals surface area contributed by atoms with Gasteiger partial charge in [-0.3, -0.25) is 9.48 Å². The average Bonchev–Trinajstić information content (AvgIpc) is 3.06. The zero-order valence-corrected chi connectivity index (χ0v) is 13.4. The summed E-state index contributed by atoms with van der Waals surface area (Å²) in [7, 11) is 0. The molecule has 0 spiro atoms. The maximum atomic E-state index is 13.9. The topological polar surface area (TPSA) is 59.0 Å². The highest BCUT2D eigenvalue weighted by Gasteiger charge is 2.42. The van der Waals surface area contributed by atoms with E-state index in [1.807, 2.05) is 0 Å². The molecule has 1 amide bonds. The summed E-state index contributed by atoms with van der Waals surface area (Å²) < 4.78 is 16.3. The van der Waals surface area contributed by atoms with Crippen LogP contribution in [0, 0.1) is 5.82 Å². The Labute approximate surface area is 136 Å². The summed E-state index contributed by atoms with van der Waals surface area (Å²) in [5.41, 5.74) is -0.617. The van der Waals surface area contributed by atoms with Crippen LogP contribution in [0.15, 0.2) is 41.1 Å². The molecular formula is C15H16BrFN4O. The molecule has 0 radical (unpaired) electrons. The Morgan fingerprint density at radius 1 is 1.41 bits per heavy atom. The molecule has 5 nitrogen and oxygen atoms in total. The third-order valence-electron chi connectivity index (χ3n) is 3.97. The highest BCUT2D eigenvalue weighted by Crippen LogP contribution is 2.30. The van der Waals surface area contributed by atoms with Crippen molar-refractivity contribution in [2.45, 2.75) is 18.4 Å². The molecule has 0 aliphatic carbocycles. The molecule has 3 rings (SSSR count). The first-order chi connectivity index (χ1) is 10.6. The monoisotopic (exact) mass is 366 g/mol. The molecular weight excluding hydrogens is 351 g/mol. The van der Waals surface area contributed by atoms with Crippen molar-refractivity contribution in [3.8, 4) is 0 Å². The number of amides is 1. The van der Waals surface area contributed by atoms with Crippen LogP contribution in [-0.2, 0) is 10.3 Å². The van der Waals surface area contributed by atoms with E-state index < -0.39 is 11.4 Å². The summed E-state index contributed by atoms with van der Waals surface area (Å²) in [6.07, 6.45) is 4.64. The Kier molecular flexibility index (Phi) is 4.26. The number of carbonyl (C=O) groups excluding carboxylic acids is 1. The van der Waals surface area contributed by atoms with Crippen LogP contribution in [-0.4, -0.2) is 28.8 Å². The summed E-state index contributed by atoms with van der Waals surface area (Å²) in [6.45, 7) is 1.43. The van der Waals surface area contributed by atoms with Crippen LogP contribution < -0.4 is 10.6 Å². The summed E-state index contributed by atoms with van der Waals surface area (Å²) >= 11 is 3.29. The number of carbonyl (C=O) groups is 1. The van der Waals surface area contributed by atoms with Crippen molar-refractivity contribution in [3.05, 3.63) is 46.9 Å². The quantitative estimate of drug-likeness (QED) is 0.877. The Morgan fingerprint density at radius 3 is 2.86 bits per heavy atom. The van der Waals surface area contributed by atoms with Crippen molar-refractivity contribution in [3.63, 3.8) is 0 Å². The predicted octanol–water partition coefficient (Wildman–Crippen LogP) is 2.50. The molecule has 1 fully saturated rings. The standard InChI is InChI=1S/C15H16BrFN4O/c16-11-2-3-12(17)13(10-11)20-14(22)15(4-7-18-8-5-15)21-9-1-6-19-21/h1-3,6,9-10,18H,4-5,7-8H2,(H,20,22). The second kappa shape index (κ2) is 6.18. The highest BCUT2D eigenvalue weighted by atomic mass is 79.9. The third kappa shape index (κ3) is 2.78. The number of benzene rings is 1. The maximum Gasteiger partial charge on any atom is 0.252 e. The van der Waals surface area contributed by atoms with Gasteiger partial charge in [0, 0.05) is 16.9 Å². The summed E-state index contributed by atoms with van der Waals surface area (Å²) in [4.78, 5) is 12.9. The number of piperidine rings is 1. The Balaban J connectivity index is 1.91. The molecule has 0 saturated carbocycles. The van der Waals surface area contributed by atoms with E-state index in [-0.39, 0.29) is 11.6 Å². The van der Waals surface area contributed by atoms with Gasteiger partial charge < -0.3 is 10.6 Å². The molecule has 2 heterocycles. The van der Waals surface area contributed by atoms with Crippen LogP contribution >= 0.6 is 15.9 Å². The van der Waals surface area contributed by atoms with Gasteiger partial charge >= 0.3 is 0 Å². The van der Waals surface area contributed by atoms with Crippen molar-refractivity contribution in [1.82, 2.24) is 15.1 Å². The van der Waals surface area contributed by atoms with E-state index in [0.717, 1.165) is 0 Å². The number of anilines is 1. The number of hydrogen-bond donors (Lipinski definition) is 2. The van der Waals surface area contributed by atoms with E-state index in [1.54, 1.807) is 35.3 Å². The van der Waals surface area contributed by atoms with Crippen LogP contribution in [0.2, 0.25) is 0 Å². The van der Waals surface area contributed by atoms with Crippen LogP contribution in [0.3, 0.4) is 0 Å². The largest absolute Gasteiger partial charge is 0.321 e. The Morgan fingerprint density at radius 2 is 2.18 bits per heavy atom. The summed E-state index contributed by atoms with van der Waals surface area (Å²) in [5.74, 6) is -0.698. The van der Waals surface area contributed by atoms with Gasteiger partial charge in [-0.15, -0.1) is 0 Å². The Hall–Kier alpha value is -1.73. The summed E-state index contributed by atoms with van der Waals surface area (Å²) in [6, 6.07) is 6.27. The number of aromatic nitrogens is 2. The number of halogens is 2. The maximum absolute atomic E-state index is 13.9. The highest BCUT2D eigenvalue weighted by molar-refractivity contribution is 9.10. The van der Waals surface area contributed by atoms with Gasteiger partial charge in [0.05, 0.1) is 5.69 Å². The van der Waals surface area contributed by atoms with Crippen molar-refractivity contribution in [2.75, 3.05) is 18.4 Å². The molecule has 7 heteroatoms. The third-order valence-corrected chi connectivity index (χ3v) is 4.47. The van der Waals surface area contributed by atoms with Crippen LogP contribution in [0.1, 0.15) is 12.8 Å². The van der Waals surface area contributed by atoms with Gasteiger partial charge in [0.1, 0.15) is 11.4 Å². The van der Waals surface area contributed by atoms with E-state index in [2.05, 4.69) is 31.7 Å². The molecule has 1 aromatic carbocycles. The molecule has 1 aliphatic rings. The van der Waals surface area contributed by atoms with Gasteiger partial charge in [0.2, 0.25) is 0 Å². The van der Waals surface area contributed by atoms with Gasteiger partial charge in [-0.25, -0.2) is 4.39 Å². The summed E-state index contributed by atoms with van der Waals surface area (Å²) in [5, 5.41) is 10.2. The zero-order valence-electron chi connectivity index (χ0n) is 11.9. The van der Waals surface area contributed by atoms with E-state index in [9.17, 15) is 9.18 Å². The van der Waals surface area contributed by atoms with Crippen molar-refractivity contribution in [2.24, 2.45) is 0 Å². The lowest BCUT2D eigenvalue weighted by atomic mass is 9.87. The number of rotatable bonds is 3. The van der Waals surface area contributed by atoms with Crippen LogP contribution in [0.4, 0.5) is 10.1 Å². The molecule has 1 saturated heterocycles. The minimum atomic E-state index is -0.788. The zero-order chi connectivity index (χ0) is 15.6. The molecule has 0 atom stereocenters. The predicted molar refractivity (Wildman–Crippen MR) is 85.0 cm³/mol. The van der Waals surface area contributed by atoms with Gasteiger partial charge in [-0.1, -0.05) is 15.9 Å². The lowest BCUT2D eigenvalue weighted by Crippen LogP contribution is -2.52. The smallest absolute Gasteiger partial charge is 0.252 e. The van der Waals surface area contributed by atoms with E-state index >= 15 is 0 Å². The Bertz CT molecular complexity index is 668. The molecule has 2 aromatic rings. The van der Waals surface area contributed by atoms with Crippen molar-refractivity contribution < 1.29 is 9.18 Å². The number of hydrogen-bond acceptors (Lipinski definition) is 3. The SMILES string of the molecule is O=C(Nc1cc(Br)ccc1F)C1(n2cccn2)CCNCC1. The molecule has 0 bridgehead atoms. The van der Waals surface area contributed by atoms with Gasteiger partial charge in [-0.2, -0.15) is 5.10 Å². The first-order valence-electron chi connectivity index (χ1n) is 7.09. The fourth-order valence-electron chi connectivity index (χ4n) is 2.75. The van der Waals surface area contributed by atoms with Crippen LogP contribution in [0.25, 0.3) is 0 Å². The molecule has 2 N–H and O–H groups in total. The fourth-order valence-corrected chi connectivity index (χ4v) is 3.12. The second-order valence-electron chi connectivity index (χ2n) is 5.31. The number of nitrogens with one attached hydrogen (secondary N) is 2. The lowest BCUT2D eigenvalue weighted by Gasteiger charge is -2.36. The van der Waals surface area contributed by atoms with Crippen molar-refractivity contribution in [1.29, 1.82) is 0 Å². The number of nitrogens with zero attached hydrogens (tertiary/aromatic N) is 2. The van der Waals surface area contributed by atoms with Gasteiger partial charge in [-0.05, 0) is 50.2 Å².